The summed E-state index contributed by atoms with van der Waals surface area (Å²) in [6.07, 6.45) is 5.78. The SMILES string of the molecule is c1ccc(CCN2CC[C@@H]3[C@@H](CO[C@H]3Cc3nnc(C4CC4)o3)C2)cc1. The molecule has 0 radical (unpaired) electrons. The highest BCUT2D eigenvalue weighted by Crippen LogP contribution is 2.40. The molecule has 5 heteroatoms. The van der Waals surface area contributed by atoms with Crippen LogP contribution in [0.2, 0.25) is 0 Å². The Hall–Kier alpha value is -1.72. The Morgan fingerprint density at radius 1 is 1.08 bits per heavy atom. The van der Waals surface area contributed by atoms with E-state index in [0.29, 0.717) is 17.8 Å². The van der Waals surface area contributed by atoms with Gasteiger partial charge in [-0.15, -0.1) is 10.2 Å². The zero-order valence-electron chi connectivity index (χ0n) is 15.2. The molecule has 2 aromatic rings. The van der Waals surface area contributed by atoms with Gasteiger partial charge >= 0.3 is 0 Å². The van der Waals surface area contributed by atoms with Crippen molar-refractivity contribution >= 4 is 0 Å². The molecule has 2 saturated heterocycles. The molecule has 3 heterocycles. The summed E-state index contributed by atoms with van der Waals surface area (Å²) in [6, 6.07) is 10.8. The van der Waals surface area contributed by atoms with Gasteiger partial charge in [0.05, 0.1) is 19.1 Å². The highest BCUT2D eigenvalue weighted by molar-refractivity contribution is 5.15. The first-order chi connectivity index (χ1) is 12.8. The Kier molecular flexibility index (Phi) is 4.51. The van der Waals surface area contributed by atoms with E-state index in [9.17, 15) is 0 Å². The number of aromatic nitrogens is 2. The van der Waals surface area contributed by atoms with Crippen molar-refractivity contribution in [1.82, 2.24) is 15.1 Å². The molecule has 0 amide bonds. The molecule has 5 rings (SSSR count). The number of fused-ring (bicyclic) bond motifs is 1. The Morgan fingerprint density at radius 2 is 1.96 bits per heavy atom. The van der Waals surface area contributed by atoms with Gasteiger partial charge in [0.2, 0.25) is 11.8 Å². The van der Waals surface area contributed by atoms with Crippen LogP contribution in [0.25, 0.3) is 0 Å². The molecule has 138 valence electrons. The number of piperidine rings is 1. The minimum absolute atomic E-state index is 0.253. The molecule has 0 bridgehead atoms. The van der Waals surface area contributed by atoms with Crippen LogP contribution in [0.3, 0.4) is 0 Å². The molecular weight excluding hydrogens is 326 g/mol. The molecule has 3 atom stereocenters. The van der Waals surface area contributed by atoms with Crippen molar-refractivity contribution in [3.8, 4) is 0 Å². The molecule has 2 aliphatic heterocycles. The lowest BCUT2D eigenvalue weighted by Crippen LogP contribution is -2.42. The number of ether oxygens (including phenoxy) is 1. The predicted molar refractivity (Wildman–Crippen MR) is 97.9 cm³/mol. The number of likely N-dealkylation sites (tertiary alicyclic amines) is 1. The molecule has 26 heavy (non-hydrogen) atoms. The molecule has 0 N–H and O–H groups in total. The summed E-state index contributed by atoms with van der Waals surface area (Å²) in [5.74, 6) is 3.42. The van der Waals surface area contributed by atoms with Crippen molar-refractivity contribution in [3.63, 3.8) is 0 Å². The maximum absolute atomic E-state index is 6.15. The van der Waals surface area contributed by atoms with Crippen LogP contribution in [0.1, 0.15) is 42.5 Å². The summed E-state index contributed by atoms with van der Waals surface area (Å²) in [4.78, 5) is 2.61. The van der Waals surface area contributed by atoms with Crippen molar-refractivity contribution in [2.45, 2.75) is 44.1 Å². The van der Waals surface area contributed by atoms with Crippen LogP contribution in [-0.4, -0.2) is 47.4 Å². The number of hydrogen-bond donors (Lipinski definition) is 0. The van der Waals surface area contributed by atoms with Gasteiger partial charge in [-0.1, -0.05) is 30.3 Å². The fourth-order valence-electron chi connectivity index (χ4n) is 4.52. The summed E-state index contributed by atoms with van der Waals surface area (Å²) in [5, 5.41) is 8.46. The molecule has 0 spiro atoms. The monoisotopic (exact) mass is 353 g/mol. The number of rotatable bonds is 6. The summed E-state index contributed by atoms with van der Waals surface area (Å²) in [6.45, 7) is 4.35. The van der Waals surface area contributed by atoms with Gasteiger partial charge in [-0.05, 0) is 43.7 Å². The second-order valence-corrected chi connectivity index (χ2v) is 8.13. The lowest BCUT2D eigenvalue weighted by atomic mass is 9.83. The Morgan fingerprint density at radius 3 is 2.81 bits per heavy atom. The van der Waals surface area contributed by atoms with Gasteiger partial charge in [-0.2, -0.15) is 0 Å². The predicted octanol–water partition coefficient (Wildman–Crippen LogP) is 3.07. The maximum atomic E-state index is 6.15. The summed E-state index contributed by atoms with van der Waals surface area (Å²) < 4.78 is 12.0. The molecule has 1 aliphatic carbocycles. The van der Waals surface area contributed by atoms with Crippen LogP contribution in [-0.2, 0) is 17.6 Å². The van der Waals surface area contributed by atoms with Crippen molar-refractivity contribution in [1.29, 1.82) is 0 Å². The Labute approximate surface area is 154 Å². The van der Waals surface area contributed by atoms with Gasteiger partial charge in [-0.3, -0.25) is 0 Å². The minimum Gasteiger partial charge on any atom is -0.425 e. The third kappa shape index (κ3) is 3.55. The highest BCUT2D eigenvalue weighted by atomic mass is 16.5. The first kappa shape index (κ1) is 16.5. The second-order valence-electron chi connectivity index (χ2n) is 8.13. The van der Waals surface area contributed by atoms with E-state index in [1.54, 1.807) is 0 Å². The van der Waals surface area contributed by atoms with E-state index in [4.69, 9.17) is 9.15 Å². The molecule has 3 fully saturated rings. The number of nitrogens with zero attached hydrogens (tertiary/aromatic N) is 3. The van der Waals surface area contributed by atoms with E-state index in [1.165, 1.54) is 31.4 Å². The quantitative estimate of drug-likeness (QED) is 0.799. The minimum atomic E-state index is 0.253. The smallest absolute Gasteiger partial charge is 0.219 e. The van der Waals surface area contributed by atoms with Crippen molar-refractivity contribution < 1.29 is 9.15 Å². The van der Waals surface area contributed by atoms with Gasteiger partial charge < -0.3 is 14.1 Å². The number of benzene rings is 1. The van der Waals surface area contributed by atoms with Crippen LogP contribution < -0.4 is 0 Å². The van der Waals surface area contributed by atoms with Gasteiger partial charge in [0, 0.05) is 24.9 Å². The largest absolute Gasteiger partial charge is 0.425 e. The Bertz CT molecular complexity index is 728. The van der Waals surface area contributed by atoms with E-state index < -0.39 is 0 Å². The molecule has 1 aromatic carbocycles. The molecule has 0 unspecified atom stereocenters. The van der Waals surface area contributed by atoms with Crippen molar-refractivity contribution in [3.05, 3.63) is 47.7 Å². The summed E-state index contributed by atoms with van der Waals surface area (Å²) >= 11 is 0. The highest BCUT2D eigenvalue weighted by Gasteiger charge is 2.41. The average molecular weight is 353 g/mol. The standard InChI is InChI=1S/C21H27N3O2/c1-2-4-15(5-3-1)8-10-24-11-9-18-17(13-24)14-25-19(18)12-20-22-23-21(26-20)16-6-7-16/h1-5,16-19H,6-14H2/t17-,18-,19+/m1/s1. The zero-order valence-corrected chi connectivity index (χ0v) is 15.2. The van der Waals surface area contributed by atoms with E-state index >= 15 is 0 Å². The van der Waals surface area contributed by atoms with Crippen LogP contribution in [0, 0.1) is 11.8 Å². The van der Waals surface area contributed by atoms with E-state index in [-0.39, 0.29) is 6.10 Å². The van der Waals surface area contributed by atoms with Gasteiger partial charge in [-0.25, -0.2) is 0 Å². The fraction of sp³-hybridized carbons (Fsp3) is 0.619. The van der Waals surface area contributed by atoms with Crippen LogP contribution in [0.5, 0.6) is 0 Å². The summed E-state index contributed by atoms with van der Waals surface area (Å²) in [7, 11) is 0. The normalized spacial score (nSPS) is 29.0. The number of hydrogen-bond acceptors (Lipinski definition) is 5. The topological polar surface area (TPSA) is 51.4 Å². The average Bonchev–Trinajstić information content (AvgIpc) is 3.31. The van der Waals surface area contributed by atoms with Crippen LogP contribution in [0.4, 0.5) is 0 Å². The van der Waals surface area contributed by atoms with E-state index in [2.05, 4.69) is 45.4 Å². The van der Waals surface area contributed by atoms with Gasteiger partial charge in [0.1, 0.15) is 0 Å². The van der Waals surface area contributed by atoms with Crippen molar-refractivity contribution in [2.75, 3.05) is 26.2 Å². The molecular formula is C21H27N3O2. The van der Waals surface area contributed by atoms with E-state index in [0.717, 1.165) is 44.3 Å². The molecule has 3 aliphatic rings. The van der Waals surface area contributed by atoms with Crippen LogP contribution in [0.15, 0.2) is 34.7 Å². The third-order valence-electron chi connectivity index (χ3n) is 6.22. The third-order valence-corrected chi connectivity index (χ3v) is 6.22. The van der Waals surface area contributed by atoms with Crippen molar-refractivity contribution in [2.24, 2.45) is 11.8 Å². The first-order valence-corrected chi connectivity index (χ1v) is 10.1. The lowest BCUT2D eigenvalue weighted by molar-refractivity contribution is 0.0799. The second kappa shape index (κ2) is 7.12. The molecule has 1 aromatic heterocycles. The van der Waals surface area contributed by atoms with Crippen LogP contribution >= 0.6 is 0 Å². The molecule has 5 nitrogen and oxygen atoms in total. The summed E-state index contributed by atoms with van der Waals surface area (Å²) in [5.41, 5.74) is 1.43. The maximum Gasteiger partial charge on any atom is 0.219 e. The molecule has 1 saturated carbocycles. The Balaban J connectivity index is 1.14. The first-order valence-electron chi connectivity index (χ1n) is 10.1. The van der Waals surface area contributed by atoms with Gasteiger partial charge in [0.25, 0.3) is 0 Å². The van der Waals surface area contributed by atoms with E-state index in [1.807, 2.05) is 0 Å². The zero-order chi connectivity index (χ0) is 17.3. The lowest BCUT2D eigenvalue weighted by Gasteiger charge is -2.35. The fourth-order valence-corrected chi connectivity index (χ4v) is 4.52. The van der Waals surface area contributed by atoms with Gasteiger partial charge in [0.15, 0.2) is 0 Å².